The zero-order valence-electron chi connectivity index (χ0n) is 14.7. The van der Waals surface area contributed by atoms with E-state index in [0.717, 1.165) is 23.9 Å². The molecule has 3 aliphatic heterocycles. The van der Waals surface area contributed by atoms with Gasteiger partial charge in [0, 0.05) is 23.2 Å². The molecule has 0 saturated carbocycles. The van der Waals surface area contributed by atoms with E-state index in [-0.39, 0.29) is 36.9 Å². The number of hydrogen-bond donors (Lipinski definition) is 0. The molecular weight excluding hydrogens is 421 g/mol. The van der Waals surface area contributed by atoms with Gasteiger partial charge in [-0.1, -0.05) is 18.3 Å². The SMILES string of the molecule is C=C1CN(c2ccc3c(c2)OC(F)(F)C(F)(F)O3)/C(=N/C(=O)N2CC[C@@H](F)C2)S1. The molecule has 0 aromatic heterocycles. The minimum absolute atomic E-state index is 0.0471. The van der Waals surface area contributed by atoms with Crippen LogP contribution in [0.15, 0.2) is 34.7 Å². The van der Waals surface area contributed by atoms with Crippen molar-refractivity contribution >= 4 is 28.6 Å². The Labute approximate surface area is 165 Å². The number of carbonyl (C=O) groups excluding carboxylic acids is 1. The van der Waals surface area contributed by atoms with Crippen molar-refractivity contribution in [3.63, 3.8) is 0 Å². The number of anilines is 1. The largest absolute Gasteiger partial charge is 0.507 e. The minimum atomic E-state index is -4.84. The van der Waals surface area contributed by atoms with Crippen LogP contribution in [-0.4, -0.2) is 54.1 Å². The summed E-state index contributed by atoms with van der Waals surface area (Å²) in [5.74, 6) is -1.12. The van der Waals surface area contributed by atoms with Crippen LogP contribution in [0.25, 0.3) is 0 Å². The van der Waals surface area contributed by atoms with Crippen molar-refractivity contribution in [2.45, 2.75) is 24.8 Å². The van der Waals surface area contributed by atoms with Crippen molar-refractivity contribution in [3.05, 3.63) is 29.7 Å². The molecule has 4 rings (SSSR count). The smallest absolute Gasteiger partial charge is 0.421 e. The maximum atomic E-state index is 13.5. The van der Waals surface area contributed by atoms with Gasteiger partial charge in [-0.2, -0.15) is 22.6 Å². The molecule has 1 atom stereocenters. The zero-order valence-corrected chi connectivity index (χ0v) is 15.5. The van der Waals surface area contributed by atoms with Crippen LogP contribution in [0, 0.1) is 0 Å². The summed E-state index contributed by atoms with van der Waals surface area (Å²) >= 11 is 1.09. The predicted octanol–water partition coefficient (Wildman–Crippen LogP) is 4.23. The second-order valence-electron chi connectivity index (χ2n) is 6.60. The molecular formula is C17H14F5N3O3S. The fraction of sp³-hybridized carbons (Fsp3) is 0.412. The fourth-order valence-corrected chi connectivity index (χ4v) is 3.87. The monoisotopic (exact) mass is 435 g/mol. The minimum Gasteiger partial charge on any atom is -0.421 e. The average Bonchev–Trinajstić information content (AvgIpc) is 3.21. The van der Waals surface area contributed by atoms with Crippen LogP contribution in [0.1, 0.15) is 6.42 Å². The molecule has 0 unspecified atom stereocenters. The Morgan fingerprint density at radius 2 is 1.90 bits per heavy atom. The van der Waals surface area contributed by atoms with E-state index in [1.165, 1.54) is 15.9 Å². The lowest BCUT2D eigenvalue weighted by Crippen LogP contribution is -2.52. The van der Waals surface area contributed by atoms with Crippen LogP contribution < -0.4 is 14.4 Å². The van der Waals surface area contributed by atoms with Gasteiger partial charge in [0.2, 0.25) is 0 Å². The quantitative estimate of drug-likeness (QED) is 0.618. The molecule has 12 heteroatoms. The van der Waals surface area contributed by atoms with Crippen LogP contribution in [0.5, 0.6) is 11.5 Å². The van der Waals surface area contributed by atoms with Gasteiger partial charge in [-0.25, -0.2) is 9.18 Å². The van der Waals surface area contributed by atoms with Crippen molar-refractivity contribution in [1.29, 1.82) is 0 Å². The summed E-state index contributed by atoms with van der Waals surface area (Å²) in [6.45, 7) is 4.21. The summed E-state index contributed by atoms with van der Waals surface area (Å²) in [4.78, 5) is 19.7. The molecule has 2 amide bonds. The molecule has 0 aliphatic carbocycles. The summed E-state index contributed by atoms with van der Waals surface area (Å²) in [6.07, 6.45) is -10.5. The maximum Gasteiger partial charge on any atom is 0.507 e. The van der Waals surface area contributed by atoms with Crippen LogP contribution in [0.3, 0.4) is 0 Å². The highest BCUT2D eigenvalue weighted by atomic mass is 32.2. The highest BCUT2D eigenvalue weighted by molar-refractivity contribution is 8.18. The third-order valence-electron chi connectivity index (χ3n) is 4.45. The first-order chi connectivity index (χ1) is 13.6. The first-order valence-electron chi connectivity index (χ1n) is 8.48. The Kier molecular flexibility index (Phi) is 4.63. The predicted molar refractivity (Wildman–Crippen MR) is 95.6 cm³/mol. The molecule has 3 heterocycles. The molecule has 0 bridgehead atoms. The van der Waals surface area contributed by atoms with Crippen molar-refractivity contribution in [2.24, 2.45) is 4.99 Å². The Morgan fingerprint density at radius 1 is 1.21 bits per heavy atom. The van der Waals surface area contributed by atoms with Gasteiger partial charge >= 0.3 is 18.2 Å². The number of benzene rings is 1. The van der Waals surface area contributed by atoms with E-state index in [0.29, 0.717) is 4.91 Å². The molecule has 0 radical (unpaired) electrons. The van der Waals surface area contributed by atoms with Gasteiger partial charge in [0.15, 0.2) is 16.7 Å². The number of ether oxygens (including phenoxy) is 2. The van der Waals surface area contributed by atoms with E-state index in [4.69, 9.17) is 0 Å². The van der Waals surface area contributed by atoms with Crippen LogP contribution in [0.4, 0.5) is 32.4 Å². The van der Waals surface area contributed by atoms with Gasteiger partial charge in [0.05, 0.1) is 13.1 Å². The lowest BCUT2D eigenvalue weighted by Gasteiger charge is -2.32. The molecule has 2 fully saturated rings. The summed E-state index contributed by atoms with van der Waals surface area (Å²) in [7, 11) is 0. The number of alkyl halides is 5. The lowest BCUT2D eigenvalue weighted by molar-refractivity contribution is -0.391. The van der Waals surface area contributed by atoms with Crippen molar-refractivity contribution < 1.29 is 36.2 Å². The highest BCUT2D eigenvalue weighted by Crippen LogP contribution is 2.48. The number of carbonyl (C=O) groups is 1. The molecule has 0 N–H and O–H groups in total. The Bertz CT molecular complexity index is 910. The highest BCUT2D eigenvalue weighted by Gasteiger charge is 2.66. The average molecular weight is 435 g/mol. The Balaban J connectivity index is 1.61. The van der Waals surface area contributed by atoms with Crippen LogP contribution >= 0.6 is 11.8 Å². The molecule has 2 saturated heterocycles. The number of nitrogens with zero attached hydrogens (tertiary/aromatic N) is 3. The van der Waals surface area contributed by atoms with Gasteiger partial charge < -0.3 is 19.3 Å². The van der Waals surface area contributed by atoms with E-state index >= 15 is 0 Å². The van der Waals surface area contributed by atoms with Gasteiger partial charge in [0.1, 0.15) is 6.17 Å². The Morgan fingerprint density at radius 3 is 2.55 bits per heavy atom. The molecule has 0 spiro atoms. The number of amides is 2. The summed E-state index contributed by atoms with van der Waals surface area (Å²) in [5.41, 5.74) is 0.260. The van der Waals surface area contributed by atoms with E-state index in [1.54, 1.807) is 0 Å². The first-order valence-corrected chi connectivity index (χ1v) is 9.30. The number of thioether (sulfide) groups is 1. The number of rotatable bonds is 1. The standard InChI is InChI=1S/C17H14F5N3O3S/c1-9-7-25(15(29-9)23-14(26)24-5-4-10(18)8-24)11-2-3-12-13(6-11)28-17(21,22)16(19,20)27-12/h2-3,6,10H,1,4-5,7-8H2/b23-15-/t10-/m1/s1. The number of halogens is 5. The van der Waals surface area contributed by atoms with Crippen LogP contribution in [0.2, 0.25) is 0 Å². The van der Waals surface area contributed by atoms with Gasteiger partial charge in [-0.3, -0.25) is 0 Å². The van der Waals surface area contributed by atoms with Crippen LogP contribution in [-0.2, 0) is 0 Å². The summed E-state index contributed by atoms with van der Waals surface area (Å²) < 4.78 is 75.0. The summed E-state index contributed by atoms with van der Waals surface area (Å²) in [6, 6.07) is 2.86. The van der Waals surface area contributed by atoms with Crippen molar-refractivity contribution in [2.75, 3.05) is 24.5 Å². The normalized spacial score (nSPS) is 26.3. The summed E-state index contributed by atoms with van der Waals surface area (Å²) in [5, 5.41) is 0.205. The van der Waals surface area contributed by atoms with Crippen molar-refractivity contribution in [3.8, 4) is 11.5 Å². The topological polar surface area (TPSA) is 54.4 Å². The first kappa shape index (κ1) is 19.8. The van der Waals surface area contributed by atoms with E-state index < -0.39 is 35.9 Å². The lowest BCUT2D eigenvalue weighted by atomic mass is 10.2. The fourth-order valence-electron chi connectivity index (χ4n) is 3.01. The molecule has 29 heavy (non-hydrogen) atoms. The molecule has 3 aliphatic rings. The Hall–Kier alpha value is -2.50. The number of aliphatic imine (C=N–C) groups is 1. The zero-order chi connectivity index (χ0) is 21.0. The van der Waals surface area contributed by atoms with Gasteiger partial charge in [-0.15, -0.1) is 0 Å². The number of likely N-dealkylation sites (tertiary alicyclic amines) is 1. The van der Waals surface area contributed by atoms with Crippen molar-refractivity contribution in [1.82, 2.24) is 4.90 Å². The third-order valence-corrected chi connectivity index (χ3v) is 5.36. The molecule has 1 aromatic rings. The molecule has 156 valence electrons. The third kappa shape index (κ3) is 3.61. The van der Waals surface area contributed by atoms with Gasteiger partial charge in [0.25, 0.3) is 0 Å². The number of fused-ring (bicyclic) bond motifs is 1. The second kappa shape index (κ2) is 6.78. The number of hydrogen-bond acceptors (Lipinski definition) is 4. The molecule has 6 nitrogen and oxygen atoms in total. The maximum absolute atomic E-state index is 13.5. The second-order valence-corrected chi connectivity index (χ2v) is 7.75. The van der Waals surface area contributed by atoms with E-state index in [9.17, 15) is 26.7 Å². The number of urea groups is 1. The van der Waals surface area contributed by atoms with E-state index in [2.05, 4.69) is 21.0 Å². The molecule has 1 aromatic carbocycles. The number of amidine groups is 1. The van der Waals surface area contributed by atoms with E-state index in [1.807, 2.05) is 0 Å². The van der Waals surface area contributed by atoms with Gasteiger partial charge in [-0.05, 0) is 18.6 Å².